The van der Waals surface area contributed by atoms with Gasteiger partial charge >= 0.3 is 5.97 Å². The molecule has 1 aliphatic heterocycles. The van der Waals surface area contributed by atoms with Crippen LogP contribution in [0.2, 0.25) is 12.6 Å². The van der Waals surface area contributed by atoms with E-state index in [0.717, 1.165) is 25.9 Å². The SMILES string of the molecule is C[SiH2]CCCOC1CC(C)CC1C1CCOC1=O. The van der Waals surface area contributed by atoms with Crippen molar-refractivity contribution in [2.24, 2.45) is 17.8 Å². The average molecular weight is 270 g/mol. The van der Waals surface area contributed by atoms with Crippen LogP contribution >= 0.6 is 0 Å². The molecule has 1 saturated carbocycles. The van der Waals surface area contributed by atoms with E-state index in [1.165, 1.54) is 12.5 Å². The molecule has 104 valence electrons. The highest BCUT2D eigenvalue weighted by molar-refractivity contribution is 6.33. The summed E-state index contributed by atoms with van der Waals surface area (Å²) < 4.78 is 11.2. The van der Waals surface area contributed by atoms with Crippen molar-refractivity contribution in [3.63, 3.8) is 0 Å². The van der Waals surface area contributed by atoms with Gasteiger partial charge in [0.2, 0.25) is 0 Å². The molecule has 0 aromatic rings. The number of hydrogen-bond donors (Lipinski definition) is 0. The highest BCUT2D eigenvalue weighted by Crippen LogP contribution is 2.41. The molecule has 0 bridgehead atoms. The summed E-state index contributed by atoms with van der Waals surface area (Å²) in [6, 6.07) is 1.37. The van der Waals surface area contributed by atoms with Crippen LogP contribution in [-0.4, -0.2) is 34.8 Å². The molecule has 0 aromatic carbocycles. The number of carbonyl (C=O) groups is 1. The fraction of sp³-hybridized carbons (Fsp3) is 0.929. The van der Waals surface area contributed by atoms with Gasteiger partial charge in [-0.05, 0) is 37.5 Å². The van der Waals surface area contributed by atoms with E-state index in [-0.39, 0.29) is 21.4 Å². The maximum Gasteiger partial charge on any atom is 0.309 e. The molecule has 2 rings (SSSR count). The second kappa shape index (κ2) is 6.71. The first-order chi connectivity index (χ1) is 8.72. The van der Waals surface area contributed by atoms with Gasteiger partial charge in [0.25, 0.3) is 0 Å². The second-order valence-electron chi connectivity index (χ2n) is 5.92. The van der Waals surface area contributed by atoms with Crippen molar-refractivity contribution in [3.8, 4) is 0 Å². The predicted molar refractivity (Wildman–Crippen MR) is 74.5 cm³/mol. The Morgan fingerprint density at radius 1 is 1.44 bits per heavy atom. The Balaban J connectivity index is 1.84. The van der Waals surface area contributed by atoms with Gasteiger partial charge in [0.1, 0.15) is 0 Å². The third-order valence-electron chi connectivity index (χ3n) is 4.36. The smallest absolute Gasteiger partial charge is 0.309 e. The zero-order chi connectivity index (χ0) is 13.0. The van der Waals surface area contributed by atoms with Gasteiger partial charge in [-0.2, -0.15) is 0 Å². The molecule has 18 heavy (non-hydrogen) atoms. The van der Waals surface area contributed by atoms with E-state index < -0.39 is 0 Å². The van der Waals surface area contributed by atoms with Gasteiger partial charge in [-0.25, -0.2) is 0 Å². The van der Waals surface area contributed by atoms with Crippen molar-refractivity contribution >= 4 is 15.5 Å². The van der Waals surface area contributed by atoms with Crippen molar-refractivity contribution in [1.82, 2.24) is 0 Å². The topological polar surface area (TPSA) is 35.5 Å². The largest absolute Gasteiger partial charge is 0.465 e. The molecule has 0 amide bonds. The van der Waals surface area contributed by atoms with E-state index in [0.29, 0.717) is 24.5 Å². The van der Waals surface area contributed by atoms with E-state index >= 15 is 0 Å². The molecular weight excluding hydrogens is 244 g/mol. The summed E-state index contributed by atoms with van der Waals surface area (Å²) in [5.74, 6) is 1.23. The van der Waals surface area contributed by atoms with Gasteiger partial charge in [0.15, 0.2) is 0 Å². The van der Waals surface area contributed by atoms with Crippen LogP contribution in [0.25, 0.3) is 0 Å². The molecule has 2 fully saturated rings. The van der Waals surface area contributed by atoms with E-state index in [2.05, 4.69) is 13.5 Å². The first-order valence-electron chi connectivity index (χ1n) is 7.50. The summed E-state index contributed by atoms with van der Waals surface area (Å²) in [7, 11) is 0.172. The summed E-state index contributed by atoms with van der Waals surface area (Å²) in [5, 5.41) is 0. The van der Waals surface area contributed by atoms with Crippen molar-refractivity contribution in [1.29, 1.82) is 0 Å². The Morgan fingerprint density at radius 3 is 2.94 bits per heavy atom. The van der Waals surface area contributed by atoms with E-state index in [1.807, 2.05) is 0 Å². The molecule has 0 aromatic heterocycles. The molecule has 1 heterocycles. The van der Waals surface area contributed by atoms with E-state index in [9.17, 15) is 4.79 Å². The Kier molecular flexibility index (Phi) is 5.24. The third-order valence-corrected chi connectivity index (χ3v) is 5.57. The van der Waals surface area contributed by atoms with Crippen molar-refractivity contribution < 1.29 is 14.3 Å². The van der Waals surface area contributed by atoms with Crippen molar-refractivity contribution in [2.75, 3.05) is 13.2 Å². The van der Waals surface area contributed by atoms with Crippen LogP contribution in [0.4, 0.5) is 0 Å². The van der Waals surface area contributed by atoms with Crippen LogP contribution in [0, 0.1) is 17.8 Å². The third kappa shape index (κ3) is 3.35. The van der Waals surface area contributed by atoms with Crippen LogP contribution in [-0.2, 0) is 14.3 Å². The number of hydrogen-bond acceptors (Lipinski definition) is 3. The molecule has 3 nitrogen and oxygen atoms in total. The maximum atomic E-state index is 11.7. The summed E-state index contributed by atoms with van der Waals surface area (Å²) in [5.41, 5.74) is 0. The van der Waals surface area contributed by atoms with Gasteiger partial charge in [0, 0.05) is 16.1 Å². The van der Waals surface area contributed by atoms with Gasteiger partial charge < -0.3 is 9.47 Å². The number of rotatable bonds is 6. The maximum absolute atomic E-state index is 11.7. The first-order valence-corrected chi connectivity index (χ1v) is 9.92. The van der Waals surface area contributed by atoms with Crippen LogP contribution in [0.1, 0.15) is 32.6 Å². The summed E-state index contributed by atoms with van der Waals surface area (Å²) in [6.07, 6.45) is 4.66. The number of esters is 1. The molecule has 2 aliphatic rings. The minimum absolute atomic E-state index is 0.0173. The van der Waals surface area contributed by atoms with Crippen molar-refractivity contribution in [2.45, 2.75) is 51.3 Å². The lowest BCUT2D eigenvalue weighted by molar-refractivity contribution is -0.144. The molecule has 4 atom stereocenters. The lowest BCUT2D eigenvalue weighted by Crippen LogP contribution is -2.28. The van der Waals surface area contributed by atoms with Crippen LogP contribution in [0.15, 0.2) is 0 Å². The number of cyclic esters (lactones) is 1. The fourth-order valence-electron chi connectivity index (χ4n) is 3.39. The minimum Gasteiger partial charge on any atom is -0.465 e. The zero-order valence-electron chi connectivity index (χ0n) is 11.7. The Hall–Kier alpha value is -0.353. The van der Waals surface area contributed by atoms with E-state index in [4.69, 9.17) is 9.47 Å². The zero-order valence-corrected chi connectivity index (χ0v) is 13.1. The first kappa shape index (κ1) is 14.1. The monoisotopic (exact) mass is 270 g/mol. The Labute approximate surface area is 112 Å². The molecule has 4 heteroatoms. The predicted octanol–water partition coefficient (Wildman–Crippen LogP) is 2.01. The fourth-order valence-corrected chi connectivity index (χ4v) is 4.09. The summed E-state index contributed by atoms with van der Waals surface area (Å²) >= 11 is 0. The quantitative estimate of drug-likeness (QED) is 0.421. The molecular formula is C14H26O3Si. The Morgan fingerprint density at radius 2 is 2.28 bits per heavy atom. The van der Waals surface area contributed by atoms with E-state index in [1.54, 1.807) is 0 Å². The van der Waals surface area contributed by atoms with Gasteiger partial charge in [0.05, 0.1) is 18.6 Å². The molecule has 0 radical (unpaired) electrons. The summed E-state index contributed by atoms with van der Waals surface area (Å²) in [4.78, 5) is 11.7. The highest BCUT2D eigenvalue weighted by Gasteiger charge is 2.43. The molecule has 0 spiro atoms. The van der Waals surface area contributed by atoms with Gasteiger partial charge in [-0.3, -0.25) is 4.79 Å². The van der Waals surface area contributed by atoms with Crippen LogP contribution in [0.3, 0.4) is 0 Å². The Bertz CT molecular complexity index is 282. The molecule has 1 saturated heterocycles. The molecule has 4 unspecified atom stereocenters. The standard InChI is InChI=1S/C14H26O3Si/c1-10-8-12(11-4-6-17-14(11)15)13(9-10)16-5-3-7-18-2/h10-13H,3-9,18H2,1-2H3. The average Bonchev–Trinajstić information content (AvgIpc) is 2.91. The minimum atomic E-state index is 0.0173. The van der Waals surface area contributed by atoms with Crippen LogP contribution < -0.4 is 0 Å². The van der Waals surface area contributed by atoms with Gasteiger partial charge in [-0.15, -0.1) is 0 Å². The second-order valence-corrected chi connectivity index (χ2v) is 7.63. The van der Waals surface area contributed by atoms with Crippen molar-refractivity contribution in [3.05, 3.63) is 0 Å². The van der Waals surface area contributed by atoms with Crippen LogP contribution in [0.5, 0.6) is 0 Å². The lowest BCUT2D eigenvalue weighted by atomic mass is 9.87. The van der Waals surface area contributed by atoms with Gasteiger partial charge in [-0.1, -0.05) is 19.5 Å². The summed E-state index contributed by atoms with van der Waals surface area (Å²) in [6.45, 7) is 6.11. The number of ether oxygens (including phenoxy) is 2. The normalized spacial score (nSPS) is 36.7. The lowest BCUT2D eigenvalue weighted by Gasteiger charge is -2.23. The highest BCUT2D eigenvalue weighted by atomic mass is 28.2. The molecule has 1 aliphatic carbocycles. The number of carbonyl (C=O) groups excluding carboxylic acids is 1. The molecule has 0 N–H and O–H groups in total.